The van der Waals surface area contributed by atoms with E-state index in [0.29, 0.717) is 23.5 Å². The van der Waals surface area contributed by atoms with E-state index in [1.807, 2.05) is 20.8 Å². The summed E-state index contributed by atoms with van der Waals surface area (Å²) in [6, 6.07) is 12.9. The van der Waals surface area contributed by atoms with Crippen molar-refractivity contribution in [2.45, 2.75) is 57.4 Å². The third kappa shape index (κ3) is 5.55. The minimum atomic E-state index is -3.56. The lowest BCUT2D eigenvalue weighted by atomic mass is 10.0. The number of amides is 2. The van der Waals surface area contributed by atoms with Gasteiger partial charge in [0.1, 0.15) is 0 Å². The molecule has 1 aliphatic rings. The molecule has 1 heterocycles. The van der Waals surface area contributed by atoms with Crippen molar-refractivity contribution in [2.75, 3.05) is 17.2 Å². The molecule has 3 rings (SSSR count). The maximum atomic E-state index is 13.1. The molecule has 2 aromatic rings. The van der Waals surface area contributed by atoms with Crippen LogP contribution in [0, 0.1) is 5.92 Å². The van der Waals surface area contributed by atoms with Gasteiger partial charge in [-0.25, -0.2) is 8.42 Å². The van der Waals surface area contributed by atoms with Crippen LogP contribution in [-0.4, -0.2) is 37.1 Å². The number of sulfonamides is 1. The van der Waals surface area contributed by atoms with Gasteiger partial charge in [0.2, 0.25) is 15.9 Å². The molecule has 8 heteroatoms. The molecule has 2 N–H and O–H groups in total. The summed E-state index contributed by atoms with van der Waals surface area (Å²) in [6.45, 7) is 6.18. The van der Waals surface area contributed by atoms with Crippen molar-refractivity contribution in [3.05, 3.63) is 54.1 Å². The highest BCUT2D eigenvalue weighted by atomic mass is 32.2. The zero-order valence-corrected chi connectivity index (χ0v) is 19.6. The minimum Gasteiger partial charge on any atom is -0.326 e. The highest BCUT2D eigenvalue weighted by Crippen LogP contribution is 2.27. The molecular weight excluding hydrogens is 426 g/mol. The van der Waals surface area contributed by atoms with E-state index in [-0.39, 0.29) is 28.7 Å². The number of anilines is 2. The Bertz CT molecular complexity index is 1050. The summed E-state index contributed by atoms with van der Waals surface area (Å²) in [5.41, 5.74) is 1.57. The van der Waals surface area contributed by atoms with Crippen LogP contribution in [0.1, 0.15) is 56.8 Å². The van der Waals surface area contributed by atoms with Crippen molar-refractivity contribution in [2.24, 2.45) is 5.92 Å². The SMILES string of the molecule is CCC1CCCCN1S(=O)(=O)c1ccc(NC(=O)c2ccc(NC(=O)C(C)C)cc2)cc1. The monoisotopic (exact) mass is 457 g/mol. The fourth-order valence-corrected chi connectivity index (χ4v) is 5.51. The van der Waals surface area contributed by atoms with Crippen molar-refractivity contribution < 1.29 is 18.0 Å². The fraction of sp³-hybridized carbons (Fsp3) is 0.417. The van der Waals surface area contributed by atoms with Gasteiger partial charge in [-0.05, 0) is 67.8 Å². The van der Waals surface area contributed by atoms with Crippen LogP contribution in [0.2, 0.25) is 0 Å². The molecule has 2 aromatic carbocycles. The van der Waals surface area contributed by atoms with Gasteiger partial charge in [0.25, 0.3) is 5.91 Å². The molecule has 0 aliphatic carbocycles. The zero-order chi connectivity index (χ0) is 23.3. The largest absolute Gasteiger partial charge is 0.326 e. The summed E-state index contributed by atoms with van der Waals surface area (Å²) >= 11 is 0. The highest BCUT2D eigenvalue weighted by molar-refractivity contribution is 7.89. The van der Waals surface area contributed by atoms with E-state index in [1.54, 1.807) is 40.7 Å². The summed E-state index contributed by atoms with van der Waals surface area (Å²) in [6.07, 6.45) is 3.63. The molecule has 0 aromatic heterocycles. The lowest BCUT2D eigenvalue weighted by molar-refractivity contribution is -0.118. The van der Waals surface area contributed by atoms with Crippen LogP contribution >= 0.6 is 0 Å². The van der Waals surface area contributed by atoms with Crippen LogP contribution in [0.15, 0.2) is 53.4 Å². The number of rotatable bonds is 7. The molecule has 172 valence electrons. The maximum Gasteiger partial charge on any atom is 0.255 e. The Hall–Kier alpha value is -2.71. The van der Waals surface area contributed by atoms with E-state index >= 15 is 0 Å². The smallest absolute Gasteiger partial charge is 0.255 e. The Morgan fingerprint density at radius 2 is 1.56 bits per heavy atom. The van der Waals surface area contributed by atoms with Gasteiger partial charge >= 0.3 is 0 Å². The molecule has 0 bridgehead atoms. The minimum absolute atomic E-state index is 0.0430. The van der Waals surface area contributed by atoms with Gasteiger partial charge in [-0.15, -0.1) is 0 Å². The summed E-state index contributed by atoms with van der Waals surface area (Å²) in [5, 5.41) is 5.56. The number of piperidine rings is 1. The zero-order valence-electron chi connectivity index (χ0n) is 18.8. The Morgan fingerprint density at radius 1 is 0.969 bits per heavy atom. The molecular formula is C24H31N3O4S. The van der Waals surface area contributed by atoms with Gasteiger partial charge in [0, 0.05) is 35.4 Å². The number of hydrogen-bond acceptors (Lipinski definition) is 4. The number of carbonyl (C=O) groups is 2. The second-order valence-electron chi connectivity index (χ2n) is 8.37. The van der Waals surface area contributed by atoms with Gasteiger partial charge in [-0.2, -0.15) is 4.31 Å². The van der Waals surface area contributed by atoms with Crippen LogP contribution in [0.5, 0.6) is 0 Å². The first-order valence-corrected chi connectivity index (χ1v) is 12.5. The van der Waals surface area contributed by atoms with Crippen LogP contribution < -0.4 is 10.6 Å². The second-order valence-corrected chi connectivity index (χ2v) is 10.3. The van der Waals surface area contributed by atoms with Gasteiger partial charge in [0.05, 0.1) is 4.90 Å². The molecule has 0 spiro atoms. The third-order valence-electron chi connectivity index (χ3n) is 5.70. The quantitative estimate of drug-likeness (QED) is 0.640. The first-order valence-electron chi connectivity index (χ1n) is 11.1. The third-order valence-corrected chi connectivity index (χ3v) is 7.67. The number of nitrogens with one attached hydrogen (secondary N) is 2. The second kappa shape index (κ2) is 10.3. The summed E-state index contributed by atoms with van der Waals surface area (Å²) < 4.78 is 27.8. The number of hydrogen-bond donors (Lipinski definition) is 2. The van der Waals surface area contributed by atoms with Crippen LogP contribution in [-0.2, 0) is 14.8 Å². The standard InChI is InChI=1S/C24H31N3O4S/c1-4-21-7-5-6-16-27(21)32(30,31)22-14-12-20(13-15-22)26-24(29)18-8-10-19(11-9-18)25-23(28)17(2)3/h8-15,17,21H,4-7,16H2,1-3H3,(H,25,28)(H,26,29). The van der Waals surface area contributed by atoms with Gasteiger partial charge < -0.3 is 10.6 Å². The molecule has 1 fully saturated rings. The van der Waals surface area contributed by atoms with E-state index in [0.717, 1.165) is 25.7 Å². The molecule has 1 unspecified atom stereocenters. The van der Waals surface area contributed by atoms with Crippen molar-refractivity contribution in [1.82, 2.24) is 4.31 Å². The molecule has 0 radical (unpaired) electrons. The number of benzene rings is 2. The lowest BCUT2D eigenvalue weighted by Crippen LogP contribution is -2.43. The number of carbonyl (C=O) groups excluding carboxylic acids is 2. The Morgan fingerprint density at radius 3 is 2.16 bits per heavy atom. The molecule has 1 saturated heterocycles. The molecule has 2 amide bonds. The Labute approximate surface area is 190 Å². The van der Waals surface area contributed by atoms with Crippen LogP contribution in [0.4, 0.5) is 11.4 Å². The van der Waals surface area contributed by atoms with Gasteiger partial charge in [-0.3, -0.25) is 9.59 Å². The molecule has 7 nitrogen and oxygen atoms in total. The van der Waals surface area contributed by atoms with Crippen LogP contribution in [0.25, 0.3) is 0 Å². The van der Waals surface area contributed by atoms with Crippen molar-refractivity contribution >= 4 is 33.2 Å². The average Bonchev–Trinajstić information content (AvgIpc) is 2.79. The highest BCUT2D eigenvalue weighted by Gasteiger charge is 2.32. The van der Waals surface area contributed by atoms with Crippen molar-refractivity contribution in [3.63, 3.8) is 0 Å². The van der Waals surface area contributed by atoms with E-state index in [9.17, 15) is 18.0 Å². The first-order chi connectivity index (χ1) is 15.2. The summed E-state index contributed by atoms with van der Waals surface area (Å²) in [5.74, 6) is -0.538. The van der Waals surface area contributed by atoms with E-state index in [2.05, 4.69) is 10.6 Å². The predicted molar refractivity (Wildman–Crippen MR) is 126 cm³/mol. The van der Waals surface area contributed by atoms with Gasteiger partial charge in [-0.1, -0.05) is 27.2 Å². The maximum absolute atomic E-state index is 13.1. The predicted octanol–water partition coefficient (Wildman–Crippen LogP) is 4.49. The fourth-order valence-electron chi connectivity index (χ4n) is 3.74. The van der Waals surface area contributed by atoms with Gasteiger partial charge in [0.15, 0.2) is 0 Å². The number of nitrogens with zero attached hydrogens (tertiary/aromatic N) is 1. The van der Waals surface area contributed by atoms with Crippen LogP contribution in [0.3, 0.4) is 0 Å². The van der Waals surface area contributed by atoms with Crippen molar-refractivity contribution in [1.29, 1.82) is 0 Å². The molecule has 0 saturated carbocycles. The topological polar surface area (TPSA) is 95.6 Å². The lowest BCUT2D eigenvalue weighted by Gasteiger charge is -2.34. The van der Waals surface area contributed by atoms with E-state index in [1.165, 1.54) is 12.1 Å². The first kappa shape index (κ1) is 23.9. The van der Waals surface area contributed by atoms with E-state index in [4.69, 9.17) is 0 Å². The van der Waals surface area contributed by atoms with Crippen molar-refractivity contribution in [3.8, 4) is 0 Å². The Kier molecular flexibility index (Phi) is 7.69. The van der Waals surface area contributed by atoms with E-state index < -0.39 is 10.0 Å². The summed E-state index contributed by atoms with van der Waals surface area (Å²) in [4.78, 5) is 24.5. The molecule has 1 aliphatic heterocycles. The normalized spacial score (nSPS) is 17.2. The molecule has 32 heavy (non-hydrogen) atoms. The average molecular weight is 458 g/mol. The molecule has 1 atom stereocenters. The summed E-state index contributed by atoms with van der Waals surface area (Å²) in [7, 11) is -3.56. The Balaban J connectivity index is 1.66.